The number of halogens is 4. The fraction of sp³-hybridized carbons (Fsp3) is 0.133. The first kappa shape index (κ1) is 16.8. The standard InChI is InChI=1S/C15H10BClF3NO3/c17-13-4-2-9(15(18,19)20)5-11(13)14(22)21-10-3-1-8-7-24-16(23)12(8)6-10/h1-6,23H,7H2,(H,21,22). The monoisotopic (exact) mass is 355 g/mol. The van der Waals surface area contributed by atoms with Gasteiger partial charge in [0.2, 0.25) is 0 Å². The molecule has 0 atom stereocenters. The molecule has 0 aromatic heterocycles. The number of carbonyl (C=O) groups is 1. The Labute approximate surface area is 140 Å². The summed E-state index contributed by atoms with van der Waals surface area (Å²) in [6, 6.07) is 7.27. The summed E-state index contributed by atoms with van der Waals surface area (Å²) in [5.74, 6) is -0.778. The average Bonchev–Trinajstić information content (AvgIpc) is 2.87. The minimum Gasteiger partial charge on any atom is -0.423 e. The molecule has 0 fully saturated rings. The van der Waals surface area contributed by atoms with Crippen LogP contribution in [0.25, 0.3) is 0 Å². The molecule has 0 bridgehead atoms. The van der Waals surface area contributed by atoms with Crippen molar-refractivity contribution >= 4 is 35.8 Å². The van der Waals surface area contributed by atoms with Gasteiger partial charge in [-0.15, -0.1) is 0 Å². The second kappa shape index (κ2) is 6.12. The van der Waals surface area contributed by atoms with Crippen molar-refractivity contribution in [2.45, 2.75) is 12.8 Å². The Kier molecular flexibility index (Phi) is 4.29. The summed E-state index contributed by atoms with van der Waals surface area (Å²) in [4.78, 5) is 12.2. The molecule has 4 nitrogen and oxygen atoms in total. The van der Waals surface area contributed by atoms with E-state index in [2.05, 4.69) is 5.32 Å². The number of fused-ring (bicyclic) bond motifs is 1. The van der Waals surface area contributed by atoms with Crippen LogP contribution in [0.5, 0.6) is 0 Å². The van der Waals surface area contributed by atoms with Crippen molar-refractivity contribution in [3.05, 3.63) is 58.1 Å². The molecule has 1 aliphatic rings. The predicted octanol–water partition coefficient (Wildman–Crippen LogP) is 2.83. The molecule has 1 amide bonds. The molecule has 9 heteroatoms. The Morgan fingerprint density at radius 3 is 2.71 bits per heavy atom. The molecular formula is C15H10BClF3NO3. The van der Waals surface area contributed by atoms with E-state index < -0.39 is 24.8 Å². The van der Waals surface area contributed by atoms with Crippen LogP contribution >= 0.6 is 11.6 Å². The van der Waals surface area contributed by atoms with Gasteiger partial charge in [0.15, 0.2) is 0 Å². The maximum atomic E-state index is 12.8. The van der Waals surface area contributed by atoms with Crippen molar-refractivity contribution in [3.8, 4) is 0 Å². The fourth-order valence-electron chi connectivity index (χ4n) is 2.37. The molecule has 2 aromatic carbocycles. The predicted molar refractivity (Wildman–Crippen MR) is 83.2 cm³/mol. The van der Waals surface area contributed by atoms with Crippen LogP contribution in [0.2, 0.25) is 5.02 Å². The molecule has 0 saturated heterocycles. The van der Waals surface area contributed by atoms with Gasteiger partial charge in [0.05, 0.1) is 22.8 Å². The molecule has 2 aromatic rings. The molecule has 0 saturated carbocycles. The molecule has 0 aliphatic carbocycles. The number of anilines is 1. The highest BCUT2D eigenvalue weighted by Gasteiger charge is 2.32. The largest absolute Gasteiger partial charge is 0.491 e. The van der Waals surface area contributed by atoms with E-state index in [1.165, 1.54) is 6.07 Å². The fourth-order valence-corrected chi connectivity index (χ4v) is 2.57. The number of benzene rings is 2. The Hall–Kier alpha value is -2.03. The molecule has 1 aliphatic heterocycles. The molecule has 0 unspecified atom stereocenters. The smallest absolute Gasteiger partial charge is 0.423 e. The number of hydrogen-bond acceptors (Lipinski definition) is 3. The highest BCUT2D eigenvalue weighted by Crippen LogP contribution is 2.32. The van der Waals surface area contributed by atoms with Gasteiger partial charge in [0.1, 0.15) is 0 Å². The van der Waals surface area contributed by atoms with Crippen molar-refractivity contribution in [2.75, 3.05) is 5.32 Å². The molecule has 24 heavy (non-hydrogen) atoms. The van der Waals surface area contributed by atoms with Gasteiger partial charge in [-0.1, -0.05) is 17.7 Å². The van der Waals surface area contributed by atoms with Gasteiger partial charge in [-0.2, -0.15) is 13.2 Å². The normalized spacial score (nSPS) is 13.8. The highest BCUT2D eigenvalue weighted by atomic mass is 35.5. The summed E-state index contributed by atoms with van der Waals surface area (Å²) in [6.45, 7) is 0.254. The lowest BCUT2D eigenvalue weighted by molar-refractivity contribution is -0.137. The quantitative estimate of drug-likeness (QED) is 0.815. The molecule has 3 rings (SSSR count). The van der Waals surface area contributed by atoms with E-state index >= 15 is 0 Å². The molecule has 2 N–H and O–H groups in total. The third-order valence-corrected chi connectivity index (χ3v) is 3.93. The van der Waals surface area contributed by atoms with Crippen LogP contribution in [0, 0.1) is 0 Å². The number of alkyl halides is 3. The van der Waals surface area contributed by atoms with E-state index in [0.29, 0.717) is 17.2 Å². The van der Waals surface area contributed by atoms with Gasteiger partial charge in [-0.25, -0.2) is 0 Å². The van der Waals surface area contributed by atoms with Crippen molar-refractivity contribution in [3.63, 3.8) is 0 Å². The van der Waals surface area contributed by atoms with Crippen molar-refractivity contribution in [2.24, 2.45) is 0 Å². The lowest BCUT2D eigenvalue weighted by Gasteiger charge is -2.11. The number of carbonyl (C=O) groups excluding carboxylic acids is 1. The lowest BCUT2D eigenvalue weighted by Crippen LogP contribution is -2.28. The van der Waals surface area contributed by atoms with Crippen LogP contribution in [-0.2, 0) is 17.4 Å². The van der Waals surface area contributed by atoms with E-state index in [1.54, 1.807) is 12.1 Å². The Balaban J connectivity index is 1.87. The summed E-state index contributed by atoms with van der Waals surface area (Å²) >= 11 is 5.84. The summed E-state index contributed by atoms with van der Waals surface area (Å²) in [6.07, 6.45) is -4.57. The van der Waals surface area contributed by atoms with Gasteiger partial charge in [0.25, 0.3) is 5.91 Å². The van der Waals surface area contributed by atoms with E-state index in [1.807, 2.05) is 0 Å². The van der Waals surface area contributed by atoms with Crippen molar-refractivity contribution in [1.82, 2.24) is 0 Å². The Morgan fingerprint density at radius 2 is 2.00 bits per heavy atom. The first-order valence-electron chi connectivity index (χ1n) is 6.86. The minimum atomic E-state index is -4.57. The van der Waals surface area contributed by atoms with Gasteiger partial charge >= 0.3 is 13.3 Å². The van der Waals surface area contributed by atoms with Crippen molar-refractivity contribution < 1.29 is 27.6 Å². The zero-order chi connectivity index (χ0) is 17.5. The third-order valence-electron chi connectivity index (χ3n) is 3.60. The first-order valence-corrected chi connectivity index (χ1v) is 7.24. The van der Waals surface area contributed by atoms with E-state index in [0.717, 1.165) is 17.7 Å². The van der Waals surface area contributed by atoms with Crippen LogP contribution in [0.1, 0.15) is 21.5 Å². The zero-order valence-corrected chi connectivity index (χ0v) is 12.8. The molecular weight excluding hydrogens is 345 g/mol. The van der Waals surface area contributed by atoms with Crippen LogP contribution in [0.4, 0.5) is 18.9 Å². The molecule has 0 spiro atoms. The first-order chi connectivity index (χ1) is 11.3. The van der Waals surface area contributed by atoms with E-state index in [4.69, 9.17) is 16.3 Å². The number of rotatable bonds is 2. The van der Waals surface area contributed by atoms with Crippen LogP contribution in [0.3, 0.4) is 0 Å². The second-order valence-corrected chi connectivity index (χ2v) is 5.63. The zero-order valence-electron chi connectivity index (χ0n) is 12.0. The molecule has 1 heterocycles. The highest BCUT2D eigenvalue weighted by molar-refractivity contribution is 6.61. The topological polar surface area (TPSA) is 58.6 Å². The maximum absolute atomic E-state index is 12.8. The summed E-state index contributed by atoms with van der Waals surface area (Å²) in [7, 11) is -1.09. The average molecular weight is 356 g/mol. The maximum Gasteiger partial charge on any atom is 0.491 e. The van der Waals surface area contributed by atoms with Gasteiger partial charge in [0, 0.05) is 5.69 Å². The number of nitrogens with one attached hydrogen (secondary N) is 1. The Morgan fingerprint density at radius 1 is 1.25 bits per heavy atom. The minimum absolute atomic E-state index is 0.0926. The summed E-state index contributed by atoms with van der Waals surface area (Å²) < 4.78 is 43.3. The van der Waals surface area contributed by atoms with Crippen LogP contribution in [0.15, 0.2) is 36.4 Å². The molecule has 0 radical (unpaired) electrons. The third kappa shape index (κ3) is 3.26. The number of hydrogen-bond donors (Lipinski definition) is 2. The second-order valence-electron chi connectivity index (χ2n) is 5.22. The Bertz CT molecular complexity index is 813. The molecule has 124 valence electrons. The van der Waals surface area contributed by atoms with Crippen molar-refractivity contribution in [1.29, 1.82) is 0 Å². The van der Waals surface area contributed by atoms with Crippen LogP contribution < -0.4 is 10.8 Å². The van der Waals surface area contributed by atoms with E-state index in [9.17, 15) is 23.0 Å². The lowest BCUT2D eigenvalue weighted by atomic mass is 9.79. The van der Waals surface area contributed by atoms with Gasteiger partial charge in [-0.05, 0) is 41.4 Å². The summed E-state index contributed by atoms with van der Waals surface area (Å²) in [5, 5.41) is 12.0. The summed E-state index contributed by atoms with van der Waals surface area (Å²) in [5.41, 5.74) is 0.343. The van der Waals surface area contributed by atoms with Crippen LogP contribution in [-0.4, -0.2) is 18.0 Å². The van der Waals surface area contributed by atoms with Gasteiger partial charge in [-0.3, -0.25) is 4.79 Å². The number of amides is 1. The SMILES string of the molecule is O=C(Nc1ccc2c(c1)B(O)OC2)c1cc(C(F)(F)F)ccc1Cl. The van der Waals surface area contributed by atoms with Gasteiger partial charge < -0.3 is 15.0 Å². The van der Waals surface area contributed by atoms with E-state index in [-0.39, 0.29) is 17.2 Å².